The second-order valence-corrected chi connectivity index (χ2v) is 5.92. The molecule has 0 saturated carbocycles. The summed E-state index contributed by atoms with van der Waals surface area (Å²) in [7, 11) is 1.83. The number of aromatic carboxylic acids is 1. The number of benzene rings is 1. The molecule has 7 nitrogen and oxygen atoms in total. The van der Waals surface area contributed by atoms with Gasteiger partial charge < -0.3 is 25.2 Å². The molecule has 0 fully saturated rings. The van der Waals surface area contributed by atoms with Crippen LogP contribution in [0.4, 0.5) is 5.69 Å². The number of nitrogens with one attached hydrogen (secondary N) is 2. The number of anilines is 1. The van der Waals surface area contributed by atoms with E-state index in [-0.39, 0.29) is 24.8 Å². The lowest BCUT2D eigenvalue weighted by molar-refractivity contribution is -0.871. The molecule has 1 aromatic carbocycles. The SMILES string of the molecule is C[NH+](CCO)CC(=O)Nc1ccc(-c2nc(C(=O)[O-])cs2)cc1. The van der Waals surface area contributed by atoms with E-state index in [0.29, 0.717) is 17.2 Å². The lowest BCUT2D eigenvalue weighted by Crippen LogP contribution is -3.10. The highest BCUT2D eigenvalue weighted by Crippen LogP contribution is 2.24. The summed E-state index contributed by atoms with van der Waals surface area (Å²) in [6.45, 7) is 0.816. The van der Waals surface area contributed by atoms with Crippen LogP contribution in [0, 0.1) is 0 Å². The molecule has 1 atom stereocenters. The summed E-state index contributed by atoms with van der Waals surface area (Å²) in [5.41, 5.74) is 1.33. The van der Waals surface area contributed by atoms with Gasteiger partial charge in [-0.2, -0.15) is 0 Å². The van der Waals surface area contributed by atoms with Gasteiger partial charge in [-0.25, -0.2) is 4.98 Å². The van der Waals surface area contributed by atoms with Crippen molar-refractivity contribution in [3.8, 4) is 10.6 Å². The standard InChI is InChI=1S/C15H17N3O4S/c1-18(6-7-19)8-13(20)16-11-4-2-10(3-5-11)14-17-12(9-23-14)15(21)22/h2-5,9,19H,6-8H2,1H3,(H,16,20)(H,21,22). The summed E-state index contributed by atoms with van der Waals surface area (Å²) < 4.78 is 0. The lowest BCUT2D eigenvalue weighted by Gasteiger charge is -2.12. The van der Waals surface area contributed by atoms with Crippen molar-refractivity contribution in [1.82, 2.24) is 4.98 Å². The fraction of sp³-hybridized carbons (Fsp3) is 0.267. The Bertz CT molecular complexity index is 684. The van der Waals surface area contributed by atoms with E-state index in [1.54, 1.807) is 24.3 Å². The maximum atomic E-state index is 11.8. The number of carboxylic acid groups (broad SMARTS) is 1. The first-order valence-corrected chi connectivity index (χ1v) is 7.87. The van der Waals surface area contributed by atoms with E-state index in [1.807, 2.05) is 7.05 Å². The minimum atomic E-state index is -1.30. The number of aliphatic hydroxyl groups is 1. The molecule has 0 aliphatic carbocycles. The average Bonchev–Trinajstić information content (AvgIpc) is 2.98. The second-order valence-electron chi connectivity index (χ2n) is 5.06. The van der Waals surface area contributed by atoms with Gasteiger partial charge in [-0.3, -0.25) is 4.79 Å². The van der Waals surface area contributed by atoms with Crippen molar-refractivity contribution in [3.63, 3.8) is 0 Å². The number of aromatic nitrogens is 1. The van der Waals surface area contributed by atoms with Gasteiger partial charge >= 0.3 is 0 Å². The van der Waals surface area contributed by atoms with Crippen molar-refractivity contribution >= 4 is 28.9 Å². The zero-order valence-electron chi connectivity index (χ0n) is 12.5. The molecule has 2 rings (SSSR count). The maximum absolute atomic E-state index is 11.8. The van der Waals surface area contributed by atoms with Crippen LogP contribution in [0.3, 0.4) is 0 Å². The molecule has 0 aliphatic heterocycles. The molecule has 0 aliphatic rings. The highest BCUT2D eigenvalue weighted by molar-refractivity contribution is 7.13. The second kappa shape index (κ2) is 7.82. The molecule has 8 heteroatoms. The van der Waals surface area contributed by atoms with Crippen molar-refractivity contribution in [2.75, 3.05) is 32.1 Å². The predicted octanol–water partition coefficient (Wildman–Crippen LogP) is -1.38. The van der Waals surface area contributed by atoms with Crippen LogP contribution in [0.1, 0.15) is 10.5 Å². The molecule has 0 spiro atoms. The van der Waals surface area contributed by atoms with Crippen molar-refractivity contribution in [2.45, 2.75) is 0 Å². The quantitative estimate of drug-likeness (QED) is 0.578. The Morgan fingerprint density at radius 1 is 1.35 bits per heavy atom. The largest absolute Gasteiger partial charge is 0.543 e. The third kappa shape index (κ3) is 4.85. The third-order valence-corrected chi connectivity index (χ3v) is 4.02. The molecule has 1 amide bonds. The van der Waals surface area contributed by atoms with Crippen LogP contribution in [0.15, 0.2) is 29.6 Å². The molecule has 122 valence electrons. The van der Waals surface area contributed by atoms with Crippen LogP contribution in [0.2, 0.25) is 0 Å². The third-order valence-electron chi connectivity index (χ3n) is 3.13. The van der Waals surface area contributed by atoms with Crippen molar-refractivity contribution in [2.24, 2.45) is 0 Å². The zero-order valence-corrected chi connectivity index (χ0v) is 13.4. The molecule has 3 N–H and O–H groups in total. The maximum Gasteiger partial charge on any atom is 0.279 e. The molecule has 1 unspecified atom stereocenters. The molecule has 0 bridgehead atoms. The molecule has 23 heavy (non-hydrogen) atoms. The number of hydrogen-bond acceptors (Lipinski definition) is 6. The van der Waals surface area contributed by atoms with Crippen LogP contribution < -0.4 is 15.3 Å². The van der Waals surface area contributed by atoms with Gasteiger partial charge in [0.2, 0.25) is 0 Å². The smallest absolute Gasteiger partial charge is 0.279 e. The summed E-state index contributed by atoms with van der Waals surface area (Å²) in [5.74, 6) is -1.44. The van der Waals surface area contributed by atoms with Gasteiger partial charge in [-0.1, -0.05) is 0 Å². The monoisotopic (exact) mass is 335 g/mol. The molecule has 0 radical (unpaired) electrons. The molecular weight excluding hydrogens is 318 g/mol. The van der Waals surface area contributed by atoms with Crippen molar-refractivity contribution < 1.29 is 24.7 Å². The van der Waals surface area contributed by atoms with E-state index >= 15 is 0 Å². The lowest BCUT2D eigenvalue weighted by atomic mass is 10.2. The van der Waals surface area contributed by atoms with Gasteiger partial charge in [0.05, 0.1) is 25.3 Å². The van der Waals surface area contributed by atoms with E-state index in [9.17, 15) is 14.7 Å². The zero-order chi connectivity index (χ0) is 16.8. The first-order chi connectivity index (χ1) is 11.0. The number of amides is 1. The normalized spacial score (nSPS) is 11.9. The molecule has 2 aromatic rings. The van der Waals surface area contributed by atoms with Crippen LogP contribution >= 0.6 is 11.3 Å². The summed E-state index contributed by atoms with van der Waals surface area (Å²) in [6, 6.07) is 6.99. The van der Waals surface area contributed by atoms with Crippen LogP contribution in [-0.4, -0.2) is 48.7 Å². The van der Waals surface area contributed by atoms with Gasteiger partial charge in [0.15, 0.2) is 6.54 Å². The Labute approximate surface area is 137 Å². The van der Waals surface area contributed by atoms with Gasteiger partial charge in [0.1, 0.15) is 11.6 Å². The number of carbonyl (C=O) groups is 2. The minimum Gasteiger partial charge on any atom is -0.543 e. The van der Waals surface area contributed by atoms with Gasteiger partial charge in [-0.15, -0.1) is 11.3 Å². The molecule has 1 heterocycles. The van der Waals surface area contributed by atoms with E-state index in [1.165, 1.54) is 16.7 Å². The van der Waals surface area contributed by atoms with Gasteiger partial charge in [0.25, 0.3) is 5.91 Å². The number of quaternary nitrogens is 1. The van der Waals surface area contributed by atoms with E-state index in [4.69, 9.17) is 5.11 Å². The van der Waals surface area contributed by atoms with E-state index in [2.05, 4.69) is 10.3 Å². The van der Waals surface area contributed by atoms with Crippen LogP contribution in [0.25, 0.3) is 10.6 Å². The Morgan fingerprint density at radius 3 is 2.61 bits per heavy atom. The van der Waals surface area contributed by atoms with Crippen molar-refractivity contribution in [1.29, 1.82) is 0 Å². The summed E-state index contributed by atoms with van der Waals surface area (Å²) in [4.78, 5) is 27.4. The highest BCUT2D eigenvalue weighted by Gasteiger charge is 2.10. The number of hydrogen-bond donors (Lipinski definition) is 3. The summed E-state index contributed by atoms with van der Waals surface area (Å²) >= 11 is 1.22. The van der Waals surface area contributed by atoms with Gasteiger partial charge in [-0.05, 0) is 24.3 Å². The Balaban J connectivity index is 1.98. The number of carbonyl (C=O) groups excluding carboxylic acids is 2. The fourth-order valence-electron chi connectivity index (χ4n) is 1.95. The summed E-state index contributed by atoms with van der Waals surface area (Å²) in [6.07, 6.45) is 0. The topological polar surface area (TPSA) is 107 Å². The molecule has 0 saturated heterocycles. The summed E-state index contributed by atoms with van der Waals surface area (Å²) in [5, 5.41) is 24.3. The number of carboxylic acids is 1. The Morgan fingerprint density at radius 2 is 2.04 bits per heavy atom. The van der Waals surface area contributed by atoms with Gasteiger partial charge in [0, 0.05) is 16.6 Å². The number of nitrogens with zero attached hydrogens (tertiary/aromatic N) is 1. The minimum absolute atomic E-state index is 0.0372. The number of thiazole rings is 1. The van der Waals surface area contributed by atoms with E-state index < -0.39 is 5.97 Å². The first kappa shape index (κ1) is 17.1. The number of aliphatic hydroxyl groups excluding tert-OH is 1. The van der Waals surface area contributed by atoms with Crippen molar-refractivity contribution in [3.05, 3.63) is 35.3 Å². The number of likely N-dealkylation sites (N-methyl/N-ethyl adjacent to an activating group) is 1. The van der Waals surface area contributed by atoms with E-state index in [0.717, 1.165) is 10.5 Å². The fourth-order valence-corrected chi connectivity index (χ4v) is 2.75. The highest BCUT2D eigenvalue weighted by atomic mass is 32.1. The first-order valence-electron chi connectivity index (χ1n) is 6.99. The molecule has 1 aromatic heterocycles. The van der Waals surface area contributed by atoms with Crippen LogP contribution in [0.5, 0.6) is 0 Å². The Kier molecular flexibility index (Phi) is 5.80. The predicted molar refractivity (Wildman–Crippen MR) is 84.2 cm³/mol. The Hall–Kier alpha value is -2.29. The van der Waals surface area contributed by atoms with Crippen LogP contribution in [-0.2, 0) is 4.79 Å². The number of rotatable bonds is 7. The average molecular weight is 335 g/mol. The molecular formula is C15H17N3O4S.